The fourth-order valence-corrected chi connectivity index (χ4v) is 3.87. The molecule has 0 nitrogen and oxygen atoms in total. The van der Waals surface area contributed by atoms with E-state index in [1.807, 2.05) is 0 Å². The average molecular weight is 246 g/mol. The SMILES string of the molecule is CCC1C=CCC(C(C)C2CCCCC2)=CC1C. The third-order valence-electron chi connectivity index (χ3n) is 5.30. The minimum absolute atomic E-state index is 0.731. The molecule has 0 saturated heterocycles. The number of hydrogen-bond acceptors (Lipinski definition) is 0. The van der Waals surface area contributed by atoms with Crippen molar-refractivity contribution in [1.29, 1.82) is 0 Å². The molecular formula is C18H30. The summed E-state index contributed by atoms with van der Waals surface area (Å²) in [6, 6.07) is 0. The molecular weight excluding hydrogens is 216 g/mol. The highest BCUT2D eigenvalue weighted by Gasteiger charge is 2.24. The van der Waals surface area contributed by atoms with E-state index in [1.165, 1.54) is 44.9 Å². The van der Waals surface area contributed by atoms with Crippen molar-refractivity contribution in [2.24, 2.45) is 23.7 Å². The highest BCUT2D eigenvalue weighted by Crippen LogP contribution is 2.37. The Morgan fingerprint density at radius 2 is 1.94 bits per heavy atom. The molecule has 0 spiro atoms. The number of hydrogen-bond donors (Lipinski definition) is 0. The van der Waals surface area contributed by atoms with E-state index in [2.05, 4.69) is 39.0 Å². The van der Waals surface area contributed by atoms with Gasteiger partial charge in [0.25, 0.3) is 0 Å². The summed E-state index contributed by atoms with van der Waals surface area (Å²) in [4.78, 5) is 0. The first-order chi connectivity index (χ1) is 8.72. The lowest BCUT2D eigenvalue weighted by Crippen LogP contribution is -2.17. The van der Waals surface area contributed by atoms with Crippen LogP contribution in [0.2, 0.25) is 0 Å². The molecule has 0 aromatic heterocycles. The van der Waals surface area contributed by atoms with E-state index < -0.39 is 0 Å². The minimum Gasteiger partial charge on any atom is -0.0845 e. The molecule has 0 heterocycles. The highest BCUT2D eigenvalue weighted by molar-refractivity contribution is 5.18. The lowest BCUT2D eigenvalue weighted by molar-refractivity contribution is 0.287. The Labute approximate surface area is 114 Å². The predicted octanol–water partition coefficient (Wildman–Crippen LogP) is 5.75. The van der Waals surface area contributed by atoms with Gasteiger partial charge in [0.15, 0.2) is 0 Å². The first kappa shape index (κ1) is 13.9. The molecule has 18 heavy (non-hydrogen) atoms. The van der Waals surface area contributed by atoms with Crippen molar-refractivity contribution < 1.29 is 0 Å². The third kappa shape index (κ3) is 3.28. The van der Waals surface area contributed by atoms with Crippen molar-refractivity contribution in [2.75, 3.05) is 0 Å². The molecule has 0 aromatic carbocycles. The van der Waals surface area contributed by atoms with Crippen LogP contribution in [0.4, 0.5) is 0 Å². The Hall–Kier alpha value is -0.520. The molecule has 0 N–H and O–H groups in total. The fraction of sp³-hybridized carbons (Fsp3) is 0.778. The minimum atomic E-state index is 0.731. The summed E-state index contributed by atoms with van der Waals surface area (Å²) in [7, 11) is 0. The van der Waals surface area contributed by atoms with Crippen LogP contribution in [0.25, 0.3) is 0 Å². The van der Waals surface area contributed by atoms with Crippen LogP contribution in [0.15, 0.2) is 23.8 Å². The zero-order valence-corrected chi connectivity index (χ0v) is 12.5. The summed E-state index contributed by atoms with van der Waals surface area (Å²) in [5.41, 5.74) is 1.72. The lowest BCUT2D eigenvalue weighted by atomic mass is 9.76. The standard InChI is InChI=1S/C18H30/c1-4-16-11-8-12-18(13-14(16)2)15(3)17-9-6-5-7-10-17/h8,11,13-17H,4-7,9-10,12H2,1-3H3. The van der Waals surface area contributed by atoms with Gasteiger partial charge in [-0.1, -0.05) is 63.8 Å². The molecule has 2 rings (SSSR count). The smallest absolute Gasteiger partial charge is 0.0136 e. The molecule has 0 amide bonds. The lowest BCUT2D eigenvalue weighted by Gasteiger charge is -2.29. The van der Waals surface area contributed by atoms with E-state index >= 15 is 0 Å². The van der Waals surface area contributed by atoms with Crippen molar-refractivity contribution in [2.45, 2.75) is 65.7 Å². The quantitative estimate of drug-likeness (QED) is 0.556. The Morgan fingerprint density at radius 3 is 2.61 bits per heavy atom. The van der Waals surface area contributed by atoms with Gasteiger partial charge in [0, 0.05) is 0 Å². The van der Waals surface area contributed by atoms with Crippen LogP contribution < -0.4 is 0 Å². The van der Waals surface area contributed by atoms with Gasteiger partial charge in [0.2, 0.25) is 0 Å². The van der Waals surface area contributed by atoms with E-state index in [1.54, 1.807) is 5.57 Å². The highest BCUT2D eigenvalue weighted by atomic mass is 14.3. The molecule has 0 heteroatoms. The predicted molar refractivity (Wildman–Crippen MR) is 80.5 cm³/mol. The van der Waals surface area contributed by atoms with Crippen molar-refractivity contribution in [3.8, 4) is 0 Å². The molecule has 0 radical (unpaired) electrons. The zero-order chi connectivity index (χ0) is 13.0. The maximum absolute atomic E-state index is 2.60. The fourth-order valence-electron chi connectivity index (χ4n) is 3.87. The van der Waals surface area contributed by atoms with Crippen LogP contribution >= 0.6 is 0 Å². The first-order valence-electron chi connectivity index (χ1n) is 8.09. The summed E-state index contributed by atoms with van der Waals surface area (Å²) >= 11 is 0. The third-order valence-corrected chi connectivity index (χ3v) is 5.30. The maximum Gasteiger partial charge on any atom is -0.0136 e. The van der Waals surface area contributed by atoms with Crippen LogP contribution in [0.5, 0.6) is 0 Å². The molecule has 0 aromatic rings. The van der Waals surface area contributed by atoms with Gasteiger partial charge in [0.1, 0.15) is 0 Å². The van der Waals surface area contributed by atoms with Crippen molar-refractivity contribution in [3.05, 3.63) is 23.8 Å². The van der Waals surface area contributed by atoms with E-state index in [0.717, 1.165) is 23.7 Å². The molecule has 3 unspecified atom stereocenters. The van der Waals surface area contributed by atoms with E-state index in [0.29, 0.717) is 0 Å². The number of allylic oxidation sites excluding steroid dienone is 4. The van der Waals surface area contributed by atoms with Crippen molar-refractivity contribution in [1.82, 2.24) is 0 Å². The molecule has 1 fully saturated rings. The summed E-state index contributed by atoms with van der Waals surface area (Å²) < 4.78 is 0. The zero-order valence-electron chi connectivity index (χ0n) is 12.5. The van der Waals surface area contributed by atoms with Gasteiger partial charge in [-0.15, -0.1) is 0 Å². The maximum atomic E-state index is 2.60. The largest absolute Gasteiger partial charge is 0.0845 e. The van der Waals surface area contributed by atoms with Gasteiger partial charge in [0.05, 0.1) is 0 Å². The Bertz CT molecular complexity index is 304. The van der Waals surface area contributed by atoms with Crippen LogP contribution in [-0.2, 0) is 0 Å². The second-order valence-electron chi connectivity index (χ2n) is 6.49. The first-order valence-corrected chi connectivity index (χ1v) is 8.09. The summed E-state index contributed by atoms with van der Waals surface area (Å²) in [6.07, 6.45) is 17.3. The Kier molecular flexibility index (Phi) is 5.09. The van der Waals surface area contributed by atoms with Gasteiger partial charge in [-0.25, -0.2) is 0 Å². The Morgan fingerprint density at radius 1 is 1.22 bits per heavy atom. The van der Waals surface area contributed by atoms with Crippen LogP contribution in [-0.4, -0.2) is 0 Å². The molecule has 102 valence electrons. The summed E-state index contributed by atoms with van der Waals surface area (Å²) in [5, 5.41) is 0. The van der Waals surface area contributed by atoms with Crippen LogP contribution in [0.3, 0.4) is 0 Å². The van der Waals surface area contributed by atoms with Gasteiger partial charge in [-0.05, 0) is 49.4 Å². The van der Waals surface area contributed by atoms with Crippen LogP contribution in [0, 0.1) is 23.7 Å². The molecule has 0 bridgehead atoms. The van der Waals surface area contributed by atoms with Gasteiger partial charge in [-0.3, -0.25) is 0 Å². The van der Waals surface area contributed by atoms with E-state index in [9.17, 15) is 0 Å². The number of rotatable bonds is 3. The summed E-state index contributed by atoms with van der Waals surface area (Å²) in [6.45, 7) is 7.20. The topological polar surface area (TPSA) is 0 Å². The van der Waals surface area contributed by atoms with Gasteiger partial charge in [-0.2, -0.15) is 0 Å². The molecule has 1 saturated carbocycles. The van der Waals surface area contributed by atoms with Crippen molar-refractivity contribution >= 4 is 0 Å². The normalized spacial score (nSPS) is 31.8. The van der Waals surface area contributed by atoms with E-state index in [4.69, 9.17) is 0 Å². The summed E-state index contributed by atoms with van der Waals surface area (Å²) in [5.74, 6) is 3.27. The van der Waals surface area contributed by atoms with Gasteiger partial charge >= 0.3 is 0 Å². The average Bonchev–Trinajstić information content (AvgIpc) is 2.60. The monoisotopic (exact) mass is 246 g/mol. The Balaban J connectivity index is 2.04. The second-order valence-corrected chi connectivity index (χ2v) is 6.49. The van der Waals surface area contributed by atoms with E-state index in [-0.39, 0.29) is 0 Å². The second kappa shape index (κ2) is 6.59. The van der Waals surface area contributed by atoms with Crippen LogP contribution in [0.1, 0.15) is 65.7 Å². The molecule has 2 aliphatic rings. The molecule has 0 aliphatic heterocycles. The molecule has 2 aliphatic carbocycles. The molecule has 3 atom stereocenters. The van der Waals surface area contributed by atoms with Crippen molar-refractivity contribution in [3.63, 3.8) is 0 Å². The van der Waals surface area contributed by atoms with Gasteiger partial charge < -0.3 is 0 Å².